The first kappa shape index (κ1) is 14.7. The second-order valence-electron chi connectivity index (χ2n) is 4.34. The van der Waals surface area contributed by atoms with Crippen LogP contribution in [-0.2, 0) is 4.79 Å². The van der Waals surface area contributed by atoms with Crippen molar-refractivity contribution < 1.29 is 29.3 Å². The zero-order valence-corrected chi connectivity index (χ0v) is 10.5. The number of carboxylic acid groups (broad SMARTS) is 1. The Morgan fingerprint density at radius 3 is 2.43 bits per heavy atom. The summed E-state index contributed by atoms with van der Waals surface area (Å²) in [5, 5.41) is 28.3. The zero-order chi connectivity index (χ0) is 15.7. The van der Waals surface area contributed by atoms with Crippen molar-refractivity contribution in [2.24, 2.45) is 5.73 Å². The molecule has 0 spiro atoms. The summed E-state index contributed by atoms with van der Waals surface area (Å²) < 4.78 is 4.82. The summed E-state index contributed by atoms with van der Waals surface area (Å²) in [5.41, 5.74) is 3.55. The molecule has 8 nitrogen and oxygen atoms in total. The Morgan fingerprint density at radius 1 is 1.19 bits per heavy atom. The molecule has 1 aromatic carbocycles. The van der Waals surface area contributed by atoms with Gasteiger partial charge in [-0.25, -0.2) is 9.59 Å². The lowest BCUT2D eigenvalue weighted by molar-refractivity contribution is -0.131. The van der Waals surface area contributed by atoms with Crippen LogP contribution in [-0.4, -0.2) is 33.3 Å². The van der Waals surface area contributed by atoms with Gasteiger partial charge in [-0.3, -0.25) is 4.79 Å². The van der Waals surface area contributed by atoms with Crippen molar-refractivity contribution in [2.75, 3.05) is 0 Å². The molecule has 8 heteroatoms. The molecule has 0 saturated heterocycles. The van der Waals surface area contributed by atoms with E-state index in [1.54, 1.807) is 0 Å². The maximum atomic E-state index is 11.4. The molecular formula is C13H11NO7. The molecule has 2 unspecified atom stereocenters. The number of hydrogen-bond acceptors (Lipinski definition) is 6. The van der Waals surface area contributed by atoms with E-state index in [1.807, 2.05) is 0 Å². The lowest BCUT2D eigenvalue weighted by atomic mass is 10.0. The predicted octanol–water partition coefficient (Wildman–Crippen LogP) is -0.629. The second kappa shape index (κ2) is 5.35. The zero-order valence-electron chi connectivity index (χ0n) is 10.5. The summed E-state index contributed by atoms with van der Waals surface area (Å²) in [6.45, 7) is 0. The van der Waals surface area contributed by atoms with E-state index in [-0.39, 0.29) is 16.5 Å². The van der Waals surface area contributed by atoms with Gasteiger partial charge in [-0.05, 0) is 23.8 Å². The van der Waals surface area contributed by atoms with Gasteiger partial charge in [-0.15, -0.1) is 0 Å². The summed E-state index contributed by atoms with van der Waals surface area (Å²) in [7, 11) is 0. The van der Waals surface area contributed by atoms with Crippen LogP contribution in [0, 0.1) is 0 Å². The third kappa shape index (κ3) is 2.76. The average molecular weight is 293 g/mol. The van der Waals surface area contributed by atoms with Gasteiger partial charge in [0.1, 0.15) is 17.3 Å². The Bertz CT molecular complexity index is 780. The number of aliphatic hydroxyl groups is 2. The van der Waals surface area contributed by atoms with E-state index in [2.05, 4.69) is 0 Å². The van der Waals surface area contributed by atoms with Gasteiger partial charge in [0.25, 0.3) is 0 Å². The van der Waals surface area contributed by atoms with E-state index in [9.17, 15) is 24.6 Å². The first-order valence-electron chi connectivity index (χ1n) is 5.78. The van der Waals surface area contributed by atoms with Gasteiger partial charge < -0.3 is 25.5 Å². The summed E-state index contributed by atoms with van der Waals surface area (Å²) in [4.78, 5) is 33.1. The third-order valence-corrected chi connectivity index (χ3v) is 2.92. The number of carboxylic acids is 1. The van der Waals surface area contributed by atoms with E-state index < -0.39 is 35.3 Å². The number of nitrogens with two attached hydrogens (primary N) is 1. The van der Waals surface area contributed by atoms with Crippen LogP contribution in [0.25, 0.3) is 11.0 Å². The van der Waals surface area contributed by atoms with Crippen LogP contribution < -0.4 is 11.4 Å². The largest absolute Gasteiger partial charge is 0.477 e. The number of carbonyl (C=O) groups excluding carboxylic acids is 1. The number of carbonyl (C=O) groups is 2. The highest BCUT2D eigenvalue weighted by Crippen LogP contribution is 2.22. The number of primary amides is 1. The summed E-state index contributed by atoms with van der Waals surface area (Å²) >= 11 is 0. The van der Waals surface area contributed by atoms with E-state index in [0.29, 0.717) is 0 Å². The molecule has 2 atom stereocenters. The Balaban J connectivity index is 2.55. The monoisotopic (exact) mass is 293 g/mol. The summed E-state index contributed by atoms with van der Waals surface area (Å²) in [5.74, 6) is -2.55. The minimum absolute atomic E-state index is 0.106. The van der Waals surface area contributed by atoms with Gasteiger partial charge in [0.15, 0.2) is 6.10 Å². The van der Waals surface area contributed by atoms with Gasteiger partial charge in [0.2, 0.25) is 5.91 Å². The van der Waals surface area contributed by atoms with Crippen LogP contribution in [0.1, 0.15) is 22.0 Å². The maximum absolute atomic E-state index is 11.4. The van der Waals surface area contributed by atoms with Crippen molar-refractivity contribution in [3.8, 4) is 0 Å². The first-order valence-corrected chi connectivity index (χ1v) is 5.78. The molecule has 0 fully saturated rings. The number of rotatable bonds is 4. The Morgan fingerprint density at radius 2 is 1.86 bits per heavy atom. The predicted molar refractivity (Wildman–Crippen MR) is 69.6 cm³/mol. The Labute approximate surface area is 117 Å². The molecule has 0 radical (unpaired) electrons. The van der Waals surface area contributed by atoms with Gasteiger partial charge in [-0.1, -0.05) is 6.07 Å². The topological polar surface area (TPSA) is 151 Å². The summed E-state index contributed by atoms with van der Waals surface area (Å²) in [6, 6.07) is 5.01. The van der Waals surface area contributed by atoms with Crippen molar-refractivity contribution in [1.29, 1.82) is 0 Å². The molecule has 110 valence electrons. The standard InChI is InChI=1S/C13H11NO7/c14-11(17)10(16)9(15)5-1-2-8-6(3-5)4-7(12(18)19)13(20)21-8/h1-4,9-10,15-16H,(H2,14,17)(H,18,19). The van der Waals surface area contributed by atoms with Gasteiger partial charge in [0.05, 0.1) is 0 Å². The molecule has 2 rings (SSSR count). The molecular weight excluding hydrogens is 282 g/mol. The van der Waals surface area contributed by atoms with Crippen molar-refractivity contribution in [1.82, 2.24) is 0 Å². The van der Waals surface area contributed by atoms with Crippen LogP contribution in [0.2, 0.25) is 0 Å². The maximum Gasteiger partial charge on any atom is 0.351 e. The molecule has 1 amide bonds. The second-order valence-corrected chi connectivity index (χ2v) is 4.34. The number of fused-ring (bicyclic) bond motifs is 1. The molecule has 0 aliphatic heterocycles. The molecule has 0 bridgehead atoms. The molecule has 1 aromatic heterocycles. The molecule has 0 aliphatic carbocycles. The molecule has 2 aromatic rings. The lowest BCUT2D eigenvalue weighted by Gasteiger charge is -2.15. The van der Waals surface area contributed by atoms with Crippen LogP contribution in [0.3, 0.4) is 0 Å². The minimum atomic E-state index is -1.81. The fourth-order valence-electron chi connectivity index (χ4n) is 1.81. The number of aliphatic hydroxyl groups excluding tert-OH is 2. The van der Waals surface area contributed by atoms with Crippen molar-refractivity contribution in [3.63, 3.8) is 0 Å². The van der Waals surface area contributed by atoms with E-state index in [1.165, 1.54) is 18.2 Å². The van der Waals surface area contributed by atoms with Crippen molar-refractivity contribution >= 4 is 22.8 Å². The molecule has 0 aliphatic rings. The van der Waals surface area contributed by atoms with Crippen molar-refractivity contribution in [2.45, 2.75) is 12.2 Å². The minimum Gasteiger partial charge on any atom is -0.477 e. The van der Waals surface area contributed by atoms with Gasteiger partial charge >= 0.3 is 11.6 Å². The number of benzene rings is 1. The molecule has 5 N–H and O–H groups in total. The van der Waals surface area contributed by atoms with Crippen molar-refractivity contribution in [3.05, 3.63) is 45.8 Å². The quantitative estimate of drug-likeness (QED) is 0.548. The molecule has 21 heavy (non-hydrogen) atoms. The fraction of sp³-hybridized carbons (Fsp3) is 0.154. The number of amides is 1. The molecule has 1 heterocycles. The highest BCUT2D eigenvalue weighted by molar-refractivity contribution is 5.91. The first-order chi connectivity index (χ1) is 9.81. The van der Waals surface area contributed by atoms with E-state index in [0.717, 1.165) is 6.07 Å². The number of aromatic carboxylic acids is 1. The van der Waals surface area contributed by atoms with Crippen LogP contribution in [0.15, 0.2) is 33.5 Å². The Kier molecular flexibility index (Phi) is 3.74. The highest BCUT2D eigenvalue weighted by atomic mass is 16.4. The fourth-order valence-corrected chi connectivity index (χ4v) is 1.81. The molecule has 0 saturated carbocycles. The lowest BCUT2D eigenvalue weighted by Crippen LogP contribution is -2.33. The van der Waals surface area contributed by atoms with Crippen LogP contribution >= 0.6 is 0 Å². The third-order valence-electron chi connectivity index (χ3n) is 2.92. The van der Waals surface area contributed by atoms with Gasteiger partial charge in [0, 0.05) is 5.39 Å². The Hall–Kier alpha value is -2.71. The summed E-state index contributed by atoms with van der Waals surface area (Å²) in [6.07, 6.45) is -3.38. The van der Waals surface area contributed by atoms with E-state index in [4.69, 9.17) is 15.3 Å². The SMILES string of the molecule is NC(=O)C(O)C(O)c1ccc2oc(=O)c(C(=O)O)cc2c1. The normalized spacial score (nSPS) is 13.8. The van der Waals surface area contributed by atoms with E-state index >= 15 is 0 Å². The smallest absolute Gasteiger partial charge is 0.351 e. The van der Waals surface area contributed by atoms with Crippen LogP contribution in [0.4, 0.5) is 0 Å². The van der Waals surface area contributed by atoms with Gasteiger partial charge in [-0.2, -0.15) is 0 Å². The van der Waals surface area contributed by atoms with Crippen LogP contribution in [0.5, 0.6) is 0 Å². The number of hydrogen-bond donors (Lipinski definition) is 4. The average Bonchev–Trinajstić information content (AvgIpc) is 2.44. The highest BCUT2D eigenvalue weighted by Gasteiger charge is 2.24.